The van der Waals surface area contributed by atoms with E-state index in [1.165, 1.54) is 24.1 Å². The molecule has 0 radical (unpaired) electrons. The first-order chi connectivity index (χ1) is 15.9. The summed E-state index contributed by atoms with van der Waals surface area (Å²) in [4.78, 5) is 36.8. The molecule has 1 amide bonds. The van der Waals surface area contributed by atoms with Gasteiger partial charge in [-0.25, -0.2) is 19.7 Å². The van der Waals surface area contributed by atoms with Gasteiger partial charge in [-0.15, -0.1) is 0 Å². The summed E-state index contributed by atoms with van der Waals surface area (Å²) in [6.07, 6.45) is -1.80. The van der Waals surface area contributed by atoms with E-state index in [1.54, 1.807) is 0 Å². The molecule has 5 N–H and O–H groups in total. The van der Waals surface area contributed by atoms with Gasteiger partial charge in [0.2, 0.25) is 5.91 Å². The van der Waals surface area contributed by atoms with Crippen LogP contribution in [0.25, 0.3) is 11.2 Å². The van der Waals surface area contributed by atoms with E-state index in [0.29, 0.717) is 11.2 Å². The van der Waals surface area contributed by atoms with Crippen molar-refractivity contribution in [3.05, 3.63) is 48.5 Å². The van der Waals surface area contributed by atoms with Crippen LogP contribution in [0.5, 0.6) is 0 Å². The average molecular weight is 456 g/mol. The Hall–Kier alpha value is -3.61. The lowest BCUT2D eigenvalue weighted by molar-refractivity contribution is -0.160. The third-order valence-electron chi connectivity index (χ3n) is 5.35. The van der Waals surface area contributed by atoms with Crippen LogP contribution in [0.2, 0.25) is 0 Å². The van der Waals surface area contributed by atoms with Crippen molar-refractivity contribution in [1.82, 2.24) is 24.8 Å². The first-order valence-electron chi connectivity index (χ1n) is 10.3. The topological polar surface area (TPSA) is 175 Å². The molecule has 12 heteroatoms. The quantitative estimate of drug-likeness (QED) is 0.333. The number of nitrogens with two attached hydrogens (primary N) is 1. The molecule has 3 aromatic rings. The zero-order chi connectivity index (χ0) is 23.5. The normalized spacial score (nSPS) is 23.4. The fraction of sp³-hybridized carbons (Fsp3) is 0.381. The molecule has 1 aliphatic heterocycles. The zero-order valence-electron chi connectivity index (χ0n) is 17.7. The molecule has 3 heterocycles. The lowest BCUT2D eigenvalue weighted by Crippen LogP contribution is -2.47. The number of hydrogen-bond donors (Lipinski definition) is 4. The summed E-state index contributed by atoms with van der Waals surface area (Å²) in [6.45, 7) is 0.780. The number of carbonyl (C=O) groups is 2. The number of benzene rings is 1. The number of carbonyl (C=O) groups excluding carboxylic acids is 2. The molecule has 1 aliphatic rings. The minimum atomic E-state index is -1.35. The second kappa shape index (κ2) is 9.48. The van der Waals surface area contributed by atoms with Crippen LogP contribution in [0.1, 0.15) is 18.7 Å². The van der Waals surface area contributed by atoms with Crippen LogP contribution in [-0.2, 0) is 25.5 Å². The first kappa shape index (κ1) is 22.6. The smallest absolute Gasteiger partial charge is 0.329 e. The van der Waals surface area contributed by atoms with Crippen LogP contribution < -0.4 is 11.1 Å². The zero-order valence-corrected chi connectivity index (χ0v) is 17.7. The van der Waals surface area contributed by atoms with Gasteiger partial charge < -0.3 is 30.7 Å². The summed E-state index contributed by atoms with van der Waals surface area (Å²) in [6, 6.07) is 8.12. The van der Waals surface area contributed by atoms with Gasteiger partial charge in [0, 0.05) is 13.3 Å². The van der Waals surface area contributed by atoms with Gasteiger partial charge in [-0.2, -0.15) is 0 Å². The maximum atomic E-state index is 13.0. The highest BCUT2D eigenvalue weighted by molar-refractivity contribution is 5.83. The molecular formula is C21H24N6O6. The van der Waals surface area contributed by atoms with E-state index >= 15 is 0 Å². The number of amides is 1. The van der Waals surface area contributed by atoms with Crippen molar-refractivity contribution in [3.8, 4) is 0 Å². The molecule has 0 bridgehead atoms. The highest BCUT2D eigenvalue weighted by atomic mass is 16.6. The van der Waals surface area contributed by atoms with Crippen LogP contribution in [0.4, 0.5) is 5.82 Å². The number of aliphatic hydroxyl groups excluding tert-OH is 2. The standard InChI is InChI=1S/C21H24N6O6/c1-11(29)26-13(7-12-5-3-2-4-6-12)21(31)33-17-14(8-28)32-20(16(17)30)27-10-25-15-18(22)23-9-24-19(15)27/h2-6,9-10,13-14,16-17,20,28,30H,7-8H2,1H3,(H,26,29)(H2,22,23,24). The number of esters is 1. The van der Waals surface area contributed by atoms with Crippen molar-refractivity contribution in [3.63, 3.8) is 0 Å². The number of aromatic nitrogens is 4. The molecule has 0 saturated carbocycles. The maximum absolute atomic E-state index is 13.0. The van der Waals surface area contributed by atoms with E-state index in [9.17, 15) is 19.8 Å². The lowest BCUT2D eigenvalue weighted by Gasteiger charge is -2.23. The van der Waals surface area contributed by atoms with Gasteiger partial charge >= 0.3 is 5.97 Å². The van der Waals surface area contributed by atoms with E-state index < -0.39 is 49.1 Å². The monoisotopic (exact) mass is 456 g/mol. The first-order valence-corrected chi connectivity index (χ1v) is 10.3. The van der Waals surface area contributed by atoms with Gasteiger partial charge in [0.1, 0.15) is 30.1 Å². The Kier molecular flexibility index (Phi) is 6.49. The Morgan fingerprint density at radius 2 is 2.03 bits per heavy atom. The number of hydrogen-bond acceptors (Lipinski definition) is 10. The van der Waals surface area contributed by atoms with Crippen LogP contribution in [0.3, 0.4) is 0 Å². The molecule has 174 valence electrons. The number of nitrogens with zero attached hydrogens (tertiary/aromatic N) is 4. The second-order valence-electron chi connectivity index (χ2n) is 7.67. The average Bonchev–Trinajstić information content (AvgIpc) is 3.36. The van der Waals surface area contributed by atoms with Crippen molar-refractivity contribution >= 4 is 28.9 Å². The van der Waals surface area contributed by atoms with E-state index in [-0.39, 0.29) is 12.2 Å². The number of fused-ring (bicyclic) bond motifs is 1. The van der Waals surface area contributed by atoms with Crippen LogP contribution in [0, 0.1) is 0 Å². The summed E-state index contributed by atoms with van der Waals surface area (Å²) >= 11 is 0. The van der Waals surface area contributed by atoms with E-state index in [4.69, 9.17) is 15.2 Å². The molecule has 1 fully saturated rings. The van der Waals surface area contributed by atoms with E-state index in [0.717, 1.165) is 5.56 Å². The molecular weight excluding hydrogens is 432 g/mol. The van der Waals surface area contributed by atoms with Gasteiger partial charge in [0.15, 0.2) is 23.8 Å². The van der Waals surface area contributed by atoms with Gasteiger partial charge in [0.05, 0.1) is 12.9 Å². The molecule has 0 spiro atoms. The van der Waals surface area contributed by atoms with Crippen LogP contribution in [0.15, 0.2) is 43.0 Å². The maximum Gasteiger partial charge on any atom is 0.329 e. The van der Waals surface area contributed by atoms with Crippen molar-refractivity contribution < 1.29 is 29.3 Å². The Bertz CT molecular complexity index is 1140. The molecule has 1 aromatic carbocycles. The predicted molar refractivity (Wildman–Crippen MR) is 114 cm³/mol. The number of nitrogen functional groups attached to an aromatic ring is 1. The van der Waals surface area contributed by atoms with E-state index in [2.05, 4.69) is 20.3 Å². The van der Waals surface area contributed by atoms with Gasteiger partial charge in [-0.05, 0) is 5.56 Å². The lowest BCUT2D eigenvalue weighted by atomic mass is 10.1. The Morgan fingerprint density at radius 1 is 1.27 bits per heavy atom. The molecule has 5 atom stereocenters. The number of nitrogens with one attached hydrogen (secondary N) is 1. The highest BCUT2D eigenvalue weighted by Gasteiger charge is 2.48. The third kappa shape index (κ3) is 4.62. The number of anilines is 1. The largest absolute Gasteiger partial charge is 0.455 e. The van der Waals surface area contributed by atoms with Crippen molar-refractivity contribution in [1.29, 1.82) is 0 Å². The van der Waals surface area contributed by atoms with Crippen molar-refractivity contribution in [2.45, 2.75) is 43.9 Å². The number of ether oxygens (including phenoxy) is 2. The molecule has 12 nitrogen and oxygen atoms in total. The molecule has 2 aromatic heterocycles. The van der Waals surface area contributed by atoms with E-state index in [1.807, 2.05) is 30.3 Å². The molecule has 5 unspecified atom stereocenters. The van der Waals surface area contributed by atoms with Crippen LogP contribution in [-0.4, -0.2) is 72.6 Å². The fourth-order valence-corrected chi connectivity index (χ4v) is 3.80. The summed E-state index contributed by atoms with van der Waals surface area (Å²) in [5, 5.41) is 23.3. The minimum Gasteiger partial charge on any atom is -0.455 e. The fourth-order valence-electron chi connectivity index (χ4n) is 3.80. The van der Waals surface area contributed by atoms with Gasteiger partial charge in [-0.1, -0.05) is 30.3 Å². The van der Waals surface area contributed by atoms with Gasteiger partial charge in [-0.3, -0.25) is 9.36 Å². The number of imidazole rings is 1. The Labute approximate surface area is 188 Å². The third-order valence-corrected chi connectivity index (χ3v) is 5.35. The Balaban J connectivity index is 1.54. The summed E-state index contributed by atoms with van der Waals surface area (Å²) in [7, 11) is 0. The van der Waals surface area contributed by atoms with Gasteiger partial charge in [0.25, 0.3) is 0 Å². The summed E-state index contributed by atoms with van der Waals surface area (Å²) < 4.78 is 12.7. The second-order valence-corrected chi connectivity index (χ2v) is 7.67. The molecule has 33 heavy (non-hydrogen) atoms. The molecule has 4 rings (SSSR count). The van der Waals surface area contributed by atoms with Crippen molar-refractivity contribution in [2.24, 2.45) is 0 Å². The Morgan fingerprint density at radius 3 is 2.73 bits per heavy atom. The van der Waals surface area contributed by atoms with Crippen LogP contribution >= 0.6 is 0 Å². The summed E-state index contributed by atoms with van der Waals surface area (Å²) in [5.41, 5.74) is 7.26. The number of aliphatic hydroxyl groups is 2. The number of rotatable bonds is 7. The summed E-state index contributed by atoms with van der Waals surface area (Å²) in [5.74, 6) is -1.01. The molecule has 1 saturated heterocycles. The van der Waals surface area contributed by atoms with Crippen molar-refractivity contribution in [2.75, 3.05) is 12.3 Å². The SMILES string of the molecule is CC(=O)NC(Cc1ccccc1)C(=O)OC1C(CO)OC(n2cnc3c(N)ncnc32)C1O. The molecule has 0 aliphatic carbocycles. The minimum absolute atomic E-state index is 0.159. The highest BCUT2D eigenvalue weighted by Crippen LogP contribution is 2.33. The predicted octanol–water partition coefficient (Wildman–Crippen LogP) is -0.682.